The molecule has 4 nitrogen and oxygen atoms in total. The van der Waals surface area contributed by atoms with Gasteiger partial charge in [-0.1, -0.05) is 97.1 Å². The molecule has 3 aromatic heterocycles. The van der Waals surface area contributed by atoms with E-state index in [1.165, 1.54) is 10.8 Å². The van der Waals surface area contributed by atoms with Crippen LogP contribution < -0.4 is 0 Å². The minimum absolute atomic E-state index is 0.883. The lowest BCUT2D eigenvalue weighted by Gasteiger charge is -2.13. The Morgan fingerprint density at radius 3 is 1.93 bits per heavy atom. The van der Waals surface area contributed by atoms with Crippen LogP contribution in [-0.2, 0) is 0 Å². The van der Waals surface area contributed by atoms with Gasteiger partial charge in [0.2, 0.25) is 0 Å². The number of rotatable bonds is 4. The lowest BCUT2D eigenvalue weighted by Crippen LogP contribution is -2.00. The molecule has 0 aliphatic rings. The van der Waals surface area contributed by atoms with Gasteiger partial charge >= 0.3 is 0 Å². The van der Waals surface area contributed by atoms with Crippen molar-refractivity contribution in [1.82, 2.24) is 19.1 Å². The van der Waals surface area contributed by atoms with Gasteiger partial charge in [0.25, 0.3) is 0 Å². The average Bonchev–Trinajstić information content (AvgIpc) is 3.59. The molecule has 0 aliphatic heterocycles. The van der Waals surface area contributed by atoms with Gasteiger partial charge in [-0.3, -0.25) is 9.13 Å². The summed E-state index contributed by atoms with van der Waals surface area (Å²) < 4.78 is 4.44. The van der Waals surface area contributed by atoms with Gasteiger partial charge in [-0.25, -0.2) is 9.97 Å². The zero-order valence-corrected chi connectivity index (χ0v) is 21.6. The summed E-state index contributed by atoms with van der Waals surface area (Å²) >= 11 is 0. The molecule has 0 amide bonds. The second-order valence-electron chi connectivity index (χ2n) is 9.99. The van der Waals surface area contributed by atoms with Crippen molar-refractivity contribution in [3.63, 3.8) is 0 Å². The molecule has 188 valence electrons. The second kappa shape index (κ2) is 9.07. The summed E-state index contributed by atoms with van der Waals surface area (Å²) in [6, 6.07) is 48.7. The van der Waals surface area contributed by atoms with Crippen molar-refractivity contribution in [3.05, 3.63) is 146 Å². The van der Waals surface area contributed by atoms with Crippen molar-refractivity contribution >= 4 is 32.8 Å². The molecule has 8 rings (SSSR count). The van der Waals surface area contributed by atoms with Gasteiger partial charge in [-0.2, -0.15) is 0 Å². The molecule has 40 heavy (non-hydrogen) atoms. The van der Waals surface area contributed by atoms with Crippen molar-refractivity contribution in [2.24, 2.45) is 0 Å². The van der Waals surface area contributed by atoms with E-state index in [1.807, 2.05) is 18.5 Å². The maximum absolute atomic E-state index is 5.24. The Bertz CT molecular complexity index is 2080. The predicted octanol–water partition coefficient (Wildman–Crippen LogP) is 8.85. The van der Waals surface area contributed by atoms with Crippen LogP contribution in [-0.4, -0.2) is 19.1 Å². The van der Waals surface area contributed by atoms with E-state index >= 15 is 0 Å². The van der Waals surface area contributed by atoms with Gasteiger partial charge in [0.05, 0.1) is 27.8 Å². The van der Waals surface area contributed by atoms with E-state index in [2.05, 4.69) is 137 Å². The Morgan fingerprint density at radius 1 is 0.475 bits per heavy atom. The minimum atomic E-state index is 0.883. The number of pyridine rings is 1. The highest BCUT2D eigenvalue weighted by molar-refractivity contribution is 6.12. The molecule has 0 N–H and O–H groups in total. The maximum Gasteiger partial charge on any atom is 0.138 e. The molecule has 0 saturated carbocycles. The third kappa shape index (κ3) is 3.62. The first-order valence-corrected chi connectivity index (χ1v) is 13.4. The van der Waals surface area contributed by atoms with Gasteiger partial charge in [-0.15, -0.1) is 0 Å². The average molecular weight is 513 g/mol. The van der Waals surface area contributed by atoms with Crippen LogP contribution in [0.15, 0.2) is 146 Å². The van der Waals surface area contributed by atoms with E-state index in [1.54, 1.807) is 0 Å². The van der Waals surface area contributed by atoms with E-state index in [4.69, 9.17) is 9.97 Å². The molecule has 4 heteroatoms. The third-order valence-electron chi connectivity index (χ3n) is 7.59. The van der Waals surface area contributed by atoms with Crippen molar-refractivity contribution in [2.75, 3.05) is 0 Å². The summed E-state index contributed by atoms with van der Waals surface area (Å²) in [5.74, 6) is 0.883. The zero-order chi connectivity index (χ0) is 26.5. The van der Waals surface area contributed by atoms with Gasteiger partial charge in [0, 0.05) is 22.0 Å². The Morgan fingerprint density at radius 2 is 1.15 bits per heavy atom. The SMILES string of the molecule is c1ccc(-c2cc(-c3ccccc3)nc(-n3c4ccccc4c4cc5c(cc43)ncn5-c3ccccc3)c2)cc1. The standard InChI is InChI=1S/C36H24N4/c1-4-12-25(13-5-1)27-20-31(26-14-6-2-7-15-26)38-36(21-27)40-33-19-11-10-18-29(33)30-22-35-32(23-34(30)40)37-24-39(35)28-16-8-3-9-17-28/h1-24H. The van der Waals surface area contributed by atoms with Crippen LogP contribution in [0, 0.1) is 0 Å². The summed E-state index contributed by atoms with van der Waals surface area (Å²) in [7, 11) is 0. The van der Waals surface area contributed by atoms with Gasteiger partial charge in [0.15, 0.2) is 0 Å². The van der Waals surface area contributed by atoms with Crippen LogP contribution in [0.4, 0.5) is 0 Å². The summed E-state index contributed by atoms with van der Waals surface area (Å²) in [5, 5.41) is 2.36. The number of fused-ring (bicyclic) bond motifs is 4. The van der Waals surface area contributed by atoms with Gasteiger partial charge < -0.3 is 0 Å². The van der Waals surface area contributed by atoms with E-state index < -0.39 is 0 Å². The number of aromatic nitrogens is 4. The number of hydrogen-bond donors (Lipinski definition) is 0. The summed E-state index contributed by atoms with van der Waals surface area (Å²) in [6.45, 7) is 0. The first-order chi connectivity index (χ1) is 19.8. The summed E-state index contributed by atoms with van der Waals surface area (Å²) in [4.78, 5) is 10.1. The number of para-hydroxylation sites is 2. The lowest BCUT2D eigenvalue weighted by molar-refractivity contribution is 1.08. The van der Waals surface area contributed by atoms with Crippen LogP contribution in [0.3, 0.4) is 0 Å². The number of nitrogens with zero attached hydrogens (tertiary/aromatic N) is 4. The zero-order valence-electron chi connectivity index (χ0n) is 21.6. The van der Waals surface area contributed by atoms with E-state index in [-0.39, 0.29) is 0 Å². The third-order valence-corrected chi connectivity index (χ3v) is 7.59. The Kier molecular flexibility index (Phi) is 5.10. The molecule has 0 aliphatic carbocycles. The smallest absolute Gasteiger partial charge is 0.138 e. The topological polar surface area (TPSA) is 35.6 Å². The number of benzene rings is 5. The maximum atomic E-state index is 5.24. The highest BCUT2D eigenvalue weighted by atomic mass is 15.1. The van der Waals surface area contributed by atoms with Crippen molar-refractivity contribution in [1.29, 1.82) is 0 Å². The fourth-order valence-electron chi connectivity index (χ4n) is 5.70. The van der Waals surface area contributed by atoms with Crippen LogP contribution >= 0.6 is 0 Å². The molecule has 0 bridgehead atoms. The van der Waals surface area contributed by atoms with Crippen LogP contribution in [0.1, 0.15) is 0 Å². The largest absolute Gasteiger partial charge is 0.299 e. The lowest BCUT2D eigenvalue weighted by atomic mass is 10.0. The van der Waals surface area contributed by atoms with E-state index in [9.17, 15) is 0 Å². The molecule has 3 heterocycles. The first kappa shape index (κ1) is 22.5. The molecular weight excluding hydrogens is 488 g/mol. The Balaban J connectivity index is 1.43. The molecule has 0 spiro atoms. The number of imidazole rings is 1. The normalized spacial score (nSPS) is 11.5. The summed E-state index contributed by atoms with van der Waals surface area (Å²) in [5.41, 5.74) is 9.65. The fraction of sp³-hybridized carbons (Fsp3) is 0. The number of hydrogen-bond acceptors (Lipinski definition) is 2. The van der Waals surface area contributed by atoms with Gasteiger partial charge in [0.1, 0.15) is 12.1 Å². The quantitative estimate of drug-likeness (QED) is 0.236. The summed E-state index contributed by atoms with van der Waals surface area (Å²) in [6.07, 6.45) is 1.91. The molecule has 0 saturated heterocycles. The van der Waals surface area contributed by atoms with Crippen molar-refractivity contribution in [3.8, 4) is 33.9 Å². The molecule has 0 fully saturated rings. The highest BCUT2D eigenvalue weighted by Gasteiger charge is 2.18. The molecular formula is C36H24N4. The predicted molar refractivity (Wildman–Crippen MR) is 164 cm³/mol. The van der Waals surface area contributed by atoms with Crippen molar-refractivity contribution in [2.45, 2.75) is 0 Å². The molecule has 0 atom stereocenters. The molecule has 0 unspecified atom stereocenters. The fourth-order valence-corrected chi connectivity index (χ4v) is 5.70. The van der Waals surface area contributed by atoms with Gasteiger partial charge in [-0.05, 0) is 53.6 Å². The van der Waals surface area contributed by atoms with E-state index in [0.717, 1.165) is 56.0 Å². The van der Waals surface area contributed by atoms with Crippen LogP contribution in [0.2, 0.25) is 0 Å². The minimum Gasteiger partial charge on any atom is -0.299 e. The highest BCUT2D eigenvalue weighted by Crippen LogP contribution is 2.36. The Hall–Kier alpha value is -5.48. The first-order valence-electron chi connectivity index (χ1n) is 13.4. The second-order valence-corrected chi connectivity index (χ2v) is 9.99. The monoisotopic (exact) mass is 512 g/mol. The van der Waals surface area contributed by atoms with E-state index in [0.29, 0.717) is 0 Å². The van der Waals surface area contributed by atoms with Crippen molar-refractivity contribution < 1.29 is 0 Å². The molecule has 5 aromatic carbocycles. The van der Waals surface area contributed by atoms with Crippen LogP contribution in [0.25, 0.3) is 66.7 Å². The Labute approximate surface area is 231 Å². The molecule has 8 aromatic rings. The molecule has 0 radical (unpaired) electrons. The van der Waals surface area contributed by atoms with Crippen LogP contribution in [0.5, 0.6) is 0 Å².